The summed E-state index contributed by atoms with van der Waals surface area (Å²) in [6.07, 6.45) is 1.06. The summed E-state index contributed by atoms with van der Waals surface area (Å²) in [6.45, 7) is 6.58. The Morgan fingerprint density at radius 2 is 1.81 bits per heavy atom. The molecule has 142 valence electrons. The van der Waals surface area contributed by atoms with Crippen LogP contribution in [0.1, 0.15) is 38.8 Å². The van der Waals surface area contributed by atoms with Gasteiger partial charge in [-0.3, -0.25) is 4.79 Å². The summed E-state index contributed by atoms with van der Waals surface area (Å²) in [6, 6.07) is 6.28. The molecule has 0 bridgehead atoms. The number of nitrogens with one attached hydrogen (secondary N) is 2. The van der Waals surface area contributed by atoms with Gasteiger partial charge in [-0.2, -0.15) is 5.10 Å². The molecule has 0 spiro atoms. The lowest BCUT2D eigenvalue weighted by atomic mass is 10.0. The van der Waals surface area contributed by atoms with Crippen LogP contribution in [0.25, 0.3) is 0 Å². The molecular formula is C18H25N3O5. The van der Waals surface area contributed by atoms with E-state index in [1.807, 2.05) is 0 Å². The molecule has 1 atom stereocenters. The van der Waals surface area contributed by atoms with Gasteiger partial charge in [-0.05, 0) is 31.9 Å². The zero-order chi connectivity index (χ0) is 19.7. The van der Waals surface area contributed by atoms with Crippen LogP contribution in [-0.4, -0.2) is 42.9 Å². The molecule has 0 aliphatic rings. The van der Waals surface area contributed by atoms with Crippen LogP contribution in [0.4, 0.5) is 4.79 Å². The quantitative estimate of drug-likeness (QED) is 0.455. The van der Waals surface area contributed by atoms with Crippen molar-refractivity contribution in [2.45, 2.75) is 45.8 Å². The summed E-state index contributed by atoms with van der Waals surface area (Å²) in [5.74, 6) is -0.820. The van der Waals surface area contributed by atoms with Crippen molar-refractivity contribution in [1.29, 1.82) is 0 Å². The van der Waals surface area contributed by atoms with Gasteiger partial charge in [0.1, 0.15) is 11.6 Å². The van der Waals surface area contributed by atoms with Crippen molar-refractivity contribution in [2.75, 3.05) is 7.11 Å². The van der Waals surface area contributed by atoms with E-state index in [9.17, 15) is 14.4 Å². The van der Waals surface area contributed by atoms with Crippen LogP contribution < -0.4 is 10.7 Å². The van der Waals surface area contributed by atoms with Gasteiger partial charge in [0.25, 0.3) is 0 Å². The van der Waals surface area contributed by atoms with E-state index in [0.717, 1.165) is 11.1 Å². The Labute approximate surface area is 152 Å². The van der Waals surface area contributed by atoms with Crippen molar-refractivity contribution in [2.24, 2.45) is 5.10 Å². The number of hydrazone groups is 1. The van der Waals surface area contributed by atoms with Gasteiger partial charge >= 0.3 is 12.1 Å². The number of hydrogen-bond acceptors (Lipinski definition) is 6. The zero-order valence-corrected chi connectivity index (χ0v) is 15.7. The van der Waals surface area contributed by atoms with Crippen LogP contribution >= 0.6 is 0 Å². The molecule has 2 amide bonds. The lowest BCUT2D eigenvalue weighted by Gasteiger charge is -2.22. The molecule has 0 aromatic heterocycles. The standard InChI is InChI=1S/C18H25N3O5/c1-12(22)21-19-11-14-8-6-13(7-9-14)10-15(16(23)25-5)20-17(24)26-18(2,3)4/h6-9,11,15H,10H2,1-5H3,(H,20,24)(H,21,22). The Morgan fingerprint density at radius 1 is 1.19 bits per heavy atom. The summed E-state index contributed by atoms with van der Waals surface area (Å²) in [5.41, 5.74) is 3.23. The van der Waals surface area contributed by atoms with Gasteiger partial charge in [0.15, 0.2) is 0 Å². The number of methoxy groups -OCH3 is 1. The fourth-order valence-corrected chi connectivity index (χ4v) is 1.96. The predicted molar refractivity (Wildman–Crippen MR) is 96.7 cm³/mol. The molecule has 0 saturated heterocycles. The third kappa shape index (κ3) is 8.27. The van der Waals surface area contributed by atoms with Crippen LogP contribution in [0.2, 0.25) is 0 Å². The first-order valence-electron chi connectivity index (χ1n) is 8.06. The molecule has 0 fully saturated rings. The van der Waals surface area contributed by atoms with Gasteiger partial charge in [0, 0.05) is 13.3 Å². The van der Waals surface area contributed by atoms with E-state index in [1.54, 1.807) is 45.0 Å². The molecule has 8 heteroatoms. The molecule has 0 heterocycles. The van der Waals surface area contributed by atoms with Crippen molar-refractivity contribution >= 4 is 24.2 Å². The molecule has 0 radical (unpaired) electrons. The SMILES string of the molecule is COC(=O)C(Cc1ccc(C=NNC(C)=O)cc1)NC(=O)OC(C)(C)C. The Bertz CT molecular complexity index is 662. The number of nitrogens with zero attached hydrogens (tertiary/aromatic N) is 1. The van der Waals surface area contributed by atoms with Gasteiger partial charge in [0.2, 0.25) is 5.91 Å². The van der Waals surface area contributed by atoms with Crippen LogP contribution in [0.3, 0.4) is 0 Å². The highest BCUT2D eigenvalue weighted by molar-refractivity contribution is 5.82. The van der Waals surface area contributed by atoms with Crippen LogP contribution in [-0.2, 0) is 25.5 Å². The second-order valence-electron chi connectivity index (χ2n) is 6.59. The predicted octanol–water partition coefficient (Wildman–Crippen LogP) is 1.77. The second-order valence-corrected chi connectivity index (χ2v) is 6.59. The summed E-state index contributed by atoms with van der Waals surface area (Å²) in [7, 11) is 1.26. The third-order valence-corrected chi connectivity index (χ3v) is 3.03. The molecule has 26 heavy (non-hydrogen) atoms. The topological polar surface area (TPSA) is 106 Å². The molecule has 0 aliphatic heterocycles. The molecule has 0 saturated carbocycles. The van der Waals surface area contributed by atoms with E-state index < -0.39 is 23.7 Å². The van der Waals surface area contributed by atoms with E-state index in [2.05, 4.69) is 15.8 Å². The fourth-order valence-electron chi connectivity index (χ4n) is 1.96. The van der Waals surface area contributed by atoms with Crippen LogP contribution in [0.15, 0.2) is 29.4 Å². The summed E-state index contributed by atoms with van der Waals surface area (Å²) >= 11 is 0. The molecular weight excluding hydrogens is 338 g/mol. The fraction of sp³-hybridized carbons (Fsp3) is 0.444. The molecule has 0 aliphatic carbocycles. The highest BCUT2D eigenvalue weighted by Gasteiger charge is 2.25. The average Bonchev–Trinajstić information content (AvgIpc) is 2.53. The smallest absolute Gasteiger partial charge is 0.408 e. The highest BCUT2D eigenvalue weighted by Crippen LogP contribution is 2.10. The molecule has 2 N–H and O–H groups in total. The van der Waals surface area contributed by atoms with E-state index in [4.69, 9.17) is 9.47 Å². The minimum Gasteiger partial charge on any atom is -0.467 e. The van der Waals surface area contributed by atoms with E-state index in [1.165, 1.54) is 20.2 Å². The van der Waals surface area contributed by atoms with Gasteiger partial charge in [0.05, 0.1) is 13.3 Å². The largest absolute Gasteiger partial charge is 0.467 e. The van der Waals surface area contributed by atoms with Crippen molar-refractivity contribution in [3.63, 3.8) is 0 Å². The monoisotopic (exact) mass is 363 g/mol. The van der Waals surface area contributed by atoms with Crippen LogP contribution in [0, 0.1) is 0 Å². The Balaban J connectivity index is 2.76. The lowest BCUT2D eigenvalue weighted by Crippen LogP contribution is -2.45. The first-order chi connectivity index (χ1) is 12.1. The van der Waals surface area contributed by atoms with Crippen molar-refractivity contribution in [1.82, 2.24) is 10.7 Å². The minimum atomic E-state index is -0.867. The number of alkyl carbamates (subject to hydrolysis) is 1. The molecule has 1 rings (SSSR count). The maximum absolute atomic E-state index is 11.9. The maximum atomic E-state index is 11.9. The minimum absolute atomic E-state index is 0.245. The summed E-state index contributed by atoms with van der Waals surface area (Å²) < 4.78 is 9.92. The van der Waals surface area contributed by atoms with Crippen LogP contribution in [0.5, 0.6) is 0 Å². The number of hydrogen-bond donors (Lipinski definition) is 2. The zero-order valence-electron chi connectivity index (χ0n) is 15.7. The number of carbonyl (C=O) groups excluding carboxylic acids is 3. The first-order valence-corrected chi connectivity index (χ1v) is 8.06. The highest BCUT2D eigenvalue weighted by atomic mass is 16.6. The van der Waals surface area contributed by atoms with Gasteiger partial charge in [-0.25, -0.2) is 15.0 Å². The van der Waals surface area contributed by atoms with E-state index >= 15 is 0 Å². The Kier molecular flexibility index (Phi) is 7.77. The van der Waals surface area contributed by atoms with E-state index in [-0.39, 0.29) is 12.3 Å². The second kappa shape index (κ2) is 9.55. The average molecular weight is 363 g/mol. The summed E-state index contributed by atoms with van der Waals surface area (Å²) in [4.78, 5) is 34.6. The van der Waals surface area contributed by atoms with Crippen molar-refractivity contribution < 1.29 is 23.9 Å². The number of esters is 1. The molecule has 1 unspecified atom stereocenters. The van der Waals surface area contributed by atoms with Gasteiger partial charge in [-0.1, -0.05) is 24.3 Å². The van der Waals surface area contributed by atoms with E-state index in [0.29, 0.717) is 0 Å². The third-order valence-electron chi connectivity index (χ3n) is 3.03. The Hall–Kier alpha value is -2.90. The number of rotatable bonds is 6. The molecule has 1 aromatic carbocycles. The maximum Gasteiger partial charge on any atom is 0.408 e. The Morgan fingerprint density at radius 3 is 2.31 bits per heavy atom. The lowest BCUT2D eigenvalue weighted by molar-refractivity contribution is -0.143. The number of ether oxygens (including phenoxy) is 2. The normalized spacial score (nSPS) is 12.3. The molecule has 8 nitrogen and oxygen atoms in total. The summed E-state index contributed by atoms with van der Waals surface area (Å²) in [5, 5.41) is 6.30. The van der Waals surface area contributed by atoms with Gasteiger partial charge < -0.3 is 14.8 Å². The molecule has 1 aromatic rings. The first kappa shape index (κ1) is 21.1. The van der Waals surface area contributed by atoms with Crippen molar-refractivity contribution in [3.8, 4) is 0 Å². The number of benzene rings is 1. The number of amides is 2. The number of carbonyl (C=O) groups is 3. The van der Waals surface area contributed by atoms with Crippen molar-refractivity contribution in [3.05, 3.63) is 35.4 Å². The van der Waals surface area contributed by atoms with Gasteiger partial charge in [-0.15, -0.1) is 0 Å².